The molecule has 1 amide bonds. The van der Waals surface area contributed by atoms with Crippen LogP contribution in [0.1, 0.15) is 25.7 Å². The van der Waals surface area contributed by atoms with Gasteiger partial charge in [0.1, 0.15) is 0 Å². The summed E-state index contributed by atoms with van der Waals surface area (Å²) in [4.78, 5) is 21.6. The molecule has 0 atom stereocenters. The van der Waals surface area contributed by atoms with E-state index in [4.69, 9.17) is 5.11 Å². The van der Waals surface area contributed by atoms with Crippen LogP contribution in [0.5, 0.6) is 0 Å². The first-order chi connectivity index (χ1) is 7.70. The molecule has 16 heavy (non-hydrogen) atoms. The molecule has 0 aromatic rings. The molecule has 1 aliphatic carbocycles. The van der Waals surface area contributed by atoms with Crippen molar-refractivity contribution in [2.45, 2.75) is 25.7 Å². The largest absolute Gasteiger partial charge is 0.481 e. The molecule has 0 radical (unpaired) electrons. The molecule has 1 aliphatic rings. The zero-order valence-electron chi connectivity index (χ0n) is 9.11. The number of nitrogens with one attached hydrogen (secondary N) is 1. The quantitative estimate of drug-likeness (QED) is 0.516. The van der Waals surface area contributed by atoms with Gasteiger partial charge in [-0.1, -0.05) is 28.0 Å². The van der Waals surface area contributed by atoms with Crippen LogP contribution in [0, 0.1) is 5.92 Å². The topological polar surface area (TPSA) is 66.4 Å². The van der Waals surface area contributed by atoms with Gasteiger partial charge in [0.05, 0.1) is 6.42 Å². The fourth-order valence-corrected chi connectivity index (χ4v) is 3.16. The summed E-state index contributed by atoms with van der Waals surface area (Å²) in [7, 11) is 3.16. The monoisotopic (exact) mass is 263 g/mol. The molecule has 0 aromatic heterocycles. The summed E-state index contributed by atoms with van der Waals surface area (Å²) in [6, 6.07) is 0. The molecule has 0 aliphatic heterocycles. The molecule has 1 rings (SSSR count). The Kier molecular flexibility index (Phi) is 6.71. The summed E-state index contributed by atoms with van der Waals surface area (Å²) < 4.78 is 0. The smallest absolute Gasteiger partial charge is 0.304 e. The van der Waals surface area contributed by atoms with Crippen LogP contribution in [-0.4, -0.2) is 35.0 Å². The molecule has 0 unspecified atom stereocenters. The fraction of sp³-hybridized carbons (Fsp3) is 0.800. The van der Waals surface area contributed by atoms with Crippen LogP contribution >= 0.6 is 21.6 Å². The van der Waals surface area contributed by atoms with Crippen LogP contribution < -0.4 is 5.32 Å². The number of amides is 1. The molecule has 6 heteroatoms. The van der Waals surface area contributed by atoms with Crippen molar-refractivity contribution < 1.29 is 14.7 Å². The maximum atomic E-state index is 11.4. The molecular formula is C10H17NO3S2. The van der Waals surface area contributed by atoms with Gasteiger partial charge in [0.2, 0.25) is 5.91 Å². The molecule has 0 heterocycles. The van der Waals surface area contributed by atoms with Gasteiger partial charge in [-0.2, -0.15) is 0 Å². The Hall–Kier alpha value is -0.360. The van der Waals surface area contributed by atoms with Gasteiger partial charge in [-0.25, -0.2) is 0 Å². The van der Waals surface area contributed by atoms with Gasteiger partial charge in [0.15, 0.2) is 0 Å². The minimum Gasteiger partial charge on any atom is -0.481 e. The van der Waals surface area contributed by atoms with E-state index in [1.165, 1.54) is 6.42 Å². The van der Waals surface area contributed by atoms with Gasteiger partial charge in [-0.3, -0.25) is 9.59 Å². The van der Waals surface area contributed by atoms with Crippen LogP contribution in [0.15, 0.2) is 0 Å². The van der Waals surface area contributed by atoms with E-state index in [1.807, 2.05) is 0 Å². The minimum atomic E-state index is -0.758. The lowest BCUT2D eigenvalue weighted by Crippen LogP contribution is -2.35. The number of carboxylic acids is 1. The minimum absolute atomic E-state index is 0.183. The van der Waals surface area contributed by atoms with Crippen molar-refractivity contribution in [1.82, 2.24) is 5.32 Å². The molecule has 4 nitrogen and oxygen atoms in total. The van der Waals surface area contributed by atoms with Crippen LogP contribution in [-0.2, 0) is 9.59 Å². The lowest BCUT2D eigenvalue weighted by molar-refractivity contribution is -0.136. The first-order valence-electron chi connectivity index (χ1n) is 5.44. The van der Waals surface area contributed by atoms with E-state index in [9.17, 15) is 9.59 Å². The SMILES string of the molecule is O=C(O)CCSSCCNC(=O)C1CCC1. The highest BCUT2D eigenvalue weighted by Crippen LogP contribution is 2.26. The normalized spacial score (nSPS) is 15.5. The molecular weight excluding hydrogens is 246 g/mol. The standard InChI is InChI=1S/C10H17NO3S2/c12-9(13)4-6-15-16-7-5-11-10(14)8-2-1-3-8/h8H,1-7H2,(H,11,14)(H,12,13). The van der Waals surface area contributed by atoms with E-state index >= 15 is 0 Å². The van der Waals surface area contributed by atoms with E-state index in [1.54, 1.807) is 21.6 Å². The summed E-state index contributed by atoms with van der Waals surface area (Å²) in [6.45, 7) is 0.681. The summed E-state index contributed by atoms with van der Waals surface area (Å²) in [5, 5.41) is 11.3. The number of carbonyl (C=O) groups is 2. The number of aliphatic carboxylic acids is 1. The van der Waals surface area contributed by atoms with Crippen molar-refractivity contribution in [2.24, 2.45) is 5.92 Å². The van der Waals surface area contributed by atoms with Crippen molar-refractivity contribution >= 4 is 33.5 Å². The Labute approximate surface area is 103 Å². The molecule has 1 fully saturated rings. The van der Waals surface area contributed by atoms with Gasteiger partial charge < -0.3 is 10.4 Å². The third kappa shape index (κ3) is 5.65. The highest BCUT2D eigenvalue weighted by molar-refractivity contribution is 8.76. The third-order valence-electron chi connectivity index (χ3n) is 2.44. The molecule has 0 saturated heterocycles. The first kappa shape index (κ1) is 13.7. The second kappa shape index (κ2) is 7.84. The Morgan fingerprint density at radius 2 is 1.94 bits per heavy atom. The second-order valence-electron chi connectivity index (χ2n) is 3.71. The van der Waals surface area contributed by atoms with E-state index in [0.717, 1.165) is 18.6 Å². The van der Waals surface area contributed by atoms with Crippen molar-refractivity contribution in [3.8, 4) is 0 Å². The van der Waals surface area contributed by atoms with E-state index in [0.29, 0.717) is 12.3 Å². The highest BCUT2D eigenvalue weighted by atomic mass is 33.1. The molecule has 1 saturated carbocycles. The first-order valence-corrected chi connectivity index (χ1v) is 7.93. The van der Waals surface area contributed by atoms with Gasteiger partial charge in [-0.05, 0) is 12.8 Å². The lowest BCUT2D eigenvalue weighted by atomic mass is 9.85. The molecule has 92 valence electrons. The third-order valence-corrected chi connectivity index (χ3v) is 4.85. The van der Waals surface area contributed by atoms with Crippen LogP contribution in [0.25, 0.3) is 0 Å². The Balaban J connectivity index is 1.84. The van der Waals surface area contributed by atoms with Gasteiger partial charge in [0, 0.05) is 24.0 Å². The Morgan fingerprint density at radius 3 is 2.50 bits per heavy atom. The van der Waals surface area contributed by atoms with E-state index in [2.05, 4.69) is 5.32 Å². The number of rotatable bonds is 8. The van der Waals surface area contributed by atoms with Crippen molar-refractivity contribution in [3.63, 3.8) is 0 Å². The average Bonchev–Trinajstić information content (AvgIpc) is 2.13. The predicted octanol–water partition coefficient (Wildman–Crippen LogP) is 1.76. The second-order valence-corrected chi connectivity index (χ2v) is 6.41. The maximum absolute atomic E-state index is 11.4. The van der Waals surface area contributed by atoms with Crippen LogP contribution in [0.4, 0.5) is 0 Å². The summed E-state index contributed by atoms with van der Waals surface area (Å²) in [5.74, 6) is 1.14. The van der Waals surface area contributed by atoms with Crippen LogP contribution in [0.3, 0.4) is 0 Å². The zero-order chi connectivity index (χ0) is 11.8. The van der Waals surface area contributed by atoms with Crippen molar-refractivity contribution in [2.75, 3.05) is 18.1 Å². The predicted molar refractivity (Wildman–Crippen MR) is 67.5 cm³/mol. The number of carbonyl (C=O) groups excluding carboxylic acids is 1. The maximum Gasteiger partial charge on any atom is 0.304 e. The lowest BCUT2D eigenvalue weighted by Gasteiger charge is -2.23. The molecule has 0 bridgehead atoms. The van der Waals surface area contributed by atoms with Crippen molar-refractivity contribution in [3.05, 3.63) is 0 Å². The molecule has 0 aromatic carbocycles. The summed E-state index contributed by atoms with van der Waals surface area (Å²) in [5.41, 5.74) is 0. The number of carboxylic acid groups (broad SMARTS) is 1. The molecule has 2 N–H and O–H groups in total. The zero-order valence-corrected chi connectivity index (χ0v) is 10.7. The Bertz CT molecular complexity index is 244. The highest BCUT2D eigenvalue weighted by Gasteiger charge is 2.24. The van der Waals surface area contributed by atoms with E-state index in [-0.39, 0.29) is 18.2 Å². The van der Waals surface area contributed by atoms with Gasteiger partial charge in [-0.15, -0.1) is 0 Å². The van der Waals surface area contributed by atoms with Gasteiger partial charge >= 0.3 is 5.97 Å². The Morgan fingerprint density at radius 1 is 1.25 bits per heavy atom. The van der Waals surface area contributed by atoms with Gasteiger partial charge in [0.25, 0.3) is 0 Å². The number of hydrogen-bond acceptors (Lipinski definition) is 4. The van der Waals surface area contributed by atoms with E-state index < -0.39 is 5.97 Å². The summed E-state index contributed by atoms with van der Waals surface area (Å²) in [6.07, 6.45) is 3.45. The number of hydrogen-bond donors (Lipinski definition) is 2. The average molecular weight is 263 g/mol. The van der Waals surface area contributed by atoms with Crippen molar-refractivity contribution in [1.29, 1.82) is 0 Å². The summed E-state index contributed by atoms with van der Waals surface area (Å²) >= 11 is 0. The van der Waals surface area contributed by atoms with Crippen LogP contribution in [0.2, 0.25) is 0 Å². The molecule has 0 spiro atoms. The fourth-order valence-electron chi connectivity index (χ4n) is 1.28.